The topological polar surface area (TPSA) is 109 Å². The van der Waals surface area contributed by atoms with Crippen LogP contribution in [0.5, 0.6) is 0 Å². The Morgan fingerprint density at radius 3 is 2.35 bits per heavy atom. The highest BCUT2D eigenvalue weighted by Crippen LogP contribution is 2.22. The van der Waals surface area contributed by atoms with Crippen molar-refractivity contribution in [3.05, 3.63) is 71.8 Å². The van der Waals surface area contributed by atoms with E-state index in [0.717, 1.165) is 12.0 Å². The number of alkyl carbamates (subject to hydrolysis) is 2. The molecule has 0 saturated carbocycles. The Labute approximate surface area is 238 Å². The summed E-state index contributed by atoms with van der Waals surface area (Å²) in [5, 5.41) is 9.02. The van der Waals surface area contributed by atoms with Crippen LogP contribution in [0.3, 0.4) is 0 Å². The van der Waals surface area contributed by atoms with Gasteiger partial charge in [0.05, 0.1) is 6.04 Å². The smallest absolute Gasteiger partial charge is 0.407 e. The minimum Gasteiger partial charge on any atom is -0.445 e. The number of nitrogens with zero attached hydrogens (tertiary/aromatic N) is 1. The molecule has 0 bridgehead atoms. The lowest BCUT2D eigenvalue weighted by Gasteiger charge is -2.28. The molecule has 1 saturated heterocycles. The lowest BCUT2D eigenvalue weighted by Crippen LogP contribution is -2.50. The van der Waals surface area contributed by atoms with E-state index in [4.69, 9.17) is 9.47 Å². The predicted molar refractivity (Wildman–Crippen MR) is 155 cm³/mol. The molecule has 3 rings (SSSR count). The minimum atomic E-state index is -0.601. The lowest BCUT2D eigenvalue weighted by atomic mass is 9.95. The first-order valence-electron chi connectivity index (χ1n) is 14.2. The van der Waals surface area contributed by atoms with Gasteiger partial charge in [0.2, 0.25) is 5.91 Å². The summed E-state index contributed by atoms with van der Waals surface area (Å²) in [7, 11) is 0. The zero-order valence-corrected chi connectivity index (χ0v) is 24.2. The Bertz CT molecular complexity index is 1070. The summed E-state index contributed by atoms with van der Waals surface area (Å²) < 4.78 is 10.7. The molecule has 3 N–H and O–H groups in total. The van der Waals surface area contributed by atoms with Gasteiger partial charge >= 0.3 is 12.2 Å². The zero-order chi connectivity index (χ0) is 29.0. The maximum absolute atomic E-state index is 13.7. The molecule has 9 heteroatoms. The molecule has 0 aromatic heterocycles. The minimum absolute atomic E-state index is 0.00507. The van der Waals surface area contributed by atoms with Gasteiger partial charge in [0, 0.05) is 38.1 Å². The van der Waals surface area contributed by atoms with Crippen molar-refractivity contribution < 1.29 is 23.9 Å². The van der Waals surface area contributed by atoms with Crippen LogP contribution >= 0.6 is 0 Å². The second-order valence-electron chi connectivity index (χ2n) is 11.2. The van der Waals surface area contributed by atoms with E-state index >= 15 is 0 Å². The van der Waals surface area contributed by atoms with Crippen LogP contribution in [-0.4, -0.2) is 66.9 Å². The number of amides is 3. The Balaban J connectivity index is 1.62. The van der Waals surface area contributed by atoms with Crippen LogP contribution in [0.1, 0.15) is 64.0 Å². The molecule has 3 amide bonds. The average Bonchev–Trinajstić information content (AvgIpc) is 3.07. The van der Waals surface area contributed by atoms with Crippen molar-refractivity contribution >= 4 is 18.1 Å². The van der Waals surface area contributed by atoms with E-state index in [2.05, 4.69) is 35.0 Å². The zero-order valence-electron chi connectivity index (χ0n) is 24.2. The summed E-state index contributed by atoms with van der Waals surface area (Å²) in [4.78, 5) is 40.1. The summed E-state index contributed by atoms with van der Waals surface area (Å²) in [6, 6.07) is 19.1. The van der Waals surface area contributed by atoms with Gasteiger partial charge in [-0.15, -0.1) is 0 Å². The van der Waals surface area contributed by atoms with E-state index in [9.17, 15) is 14.4 Å². The van der Waals surface area contributed by atoms with Crippen LogP contribution in [0.25, 0.3) is 0 Å². The fraction of sp³-hybridized carbons (Fsp3) is 0.516. The second kappa shape index (κ2) is 15.3. The molecule has 2 aromatic rings. The van der Waals surface area contributed by atoms with Crippen molar-refractivity contribution in [2.24, 2.45) is 0 Å². The van der Waals surface area contributed by atoms with Crippen molar-refractivity contribution in [3.8, 4) is 0 Å². The van der Waals surface area contributed by atoms with E-state index in [1.807, 2.05) is 53.4 Å². The van der Waals surface area contributed by atoms with Gasteiger partial charge in [0.1, 0.15) is 12.2 Å². The molecule has 2 aromatic carbocycles. The van der Waals surface area contributed by atoms with Gasteiger partial charge in [0.15, 0.2) is 0 Å². The van der Waals surface area contributed by atoms with Gasteiger partial charge in [-0.25, -0.2) is 9.59 Å². The van der Waals surface area contributed by atoms with Crippen molar-refractivity contribution in [1.82, 2.24) is 20.9 Å². The molecule has 40 heavy (non-hydrogen) atoms. The van der Waals surface area contributed by atoms with E-state index in [-0.39, 0.29) is 31.0 Å². The van der Waals surface area contributed by atoms with Crippen LogP contribution < -0.4 is 16.0 Å². The number of benzene rings is 2. The number of carbonyl (C=O) groups excluding carboxylic acids is 3. The first-order valence-corrected chi connectivity index (χ1v) is 14.2. The van der Waals surface area contributed by atoms with Crippen LogP contribution in [0.15, 0.2) is 60.7 Å². The predicted octanol–water partition coefficient (Wildman–Crippen LogP) is 4.58. The van der Waals surface area contributed by atoms with E-state index in [1.54, 1.807) is 20.8 Å². The van der Waals surface area contributed by atoms with Crippen molar-refractivity contribution in [3.63, 3.8) is 0 Å². The molecule has 0 spiro atoms. The molecule has 0 radical (unpaired) electrons. The number of hydrogen-bond donors (Lipinski definition) is 3. The molecule has 3 atom stereocenters. The average molecular weight is 553 g/mol. The summed E-state index contributed by atoms with van der Waals surface area (Å²) >= 11 is 0. The van der Waals surface area contributed by atoms with Gasteiger partial charge in [-0.1, -0.05) is 67.6 Å². The molecule has 218 valence electrons. The number of hydrogen-bond acceptors (Lipinski definition) is 6. The molecule has 1 heterocycles. The fourth-order valence-corrected chi connectivity index (χ4v) is 4.71. The Morgan fingerprint density at radius 2 is 1.70 bits per heavy atom. The van der Waals surface area contributed by atoms with Gasteiger partial charge in [-0.05, 0) is 51.2 Å². The van der Waals surface area contributed by atoms with E-state index in [1.165, 1.54) is 5.56 Å². The first kappa shape index (κ1) is 30.9. The van der Waals surface area contributed by atoms with E-state index < -0.39 is 23.8 Å². The SMILES string of the molecule is CCC(CN1CCC(CNC(=O)OCc2ccccc2)N[C@@H](CCNC(=O)OC(C)(C)C)C1=O)c1ccccc1. The highest BCUT2D eigenvalue weighted by Gasteiger charge is 2.32. The number of ether oxygens (including phenoxy) is 2. The third kappa shape index (κ3) is 10.5. The summed E-state index contributed by atoms with van der Waals surface area (Å²) in [5.41, 5.74) is 1.51. The van der Waals surface area contributed by atoms with Crippen molar-refractivity contribution in [1.29, 1.82) is 0 Å². The van der Waals surface area contributed by atoms with Gasteiger partial charge < -0.3 is 30.3 Å². The second-order valence-corrected chi connectivity index (χ2v) is 11.2. The molecular weight excluding hydrogens is 508 g/mol. The Hall–Kier alpha value is -3.59. The van der Waals surface area contributed by atoms with Gasteiger partial charge in [-0.3, -0.25) is 4.79 Å². The summed E-state index contributed by atoms with van der Waals surface area (Å²) in [6.45, 7) is 9.51. The Morgan fingerprint density at radius 1 is 1.02 bits per heavy atom. The largest absolute Gasteiger partial charge is 0.445 e. The highest BCUT2D eigenvalue weighted by atomic mass is 16.6. The molecular formula is C31H44N4O5. The number of carbonyl (C=O) groups is 3. The van der Waals surface area contributed by atoms with Crippen LogP contribution in [0.2, 0.25) is 0 Å². The summed E-state index contributed by atoms with van der Waals surface area (Å²) in [6.07, 6.45) is 0.957. The van der Waals surface area contributed by atoms with Crippen LogP contribution in [0.4, 0.5) is 9.59 Å². The molecule has 0 aliphatic carbocycles. The maximum Gasteiger partial charge on any atom is 0.407 e. The number of rotatable bonds is 11. The molecule has 2 unspecified atom stereocenters. The lowest BCUT2D eigenvalue weighted by molar-refractivity contribution is -0.133. The van der Waals surface area contributed by atoms with Crippen molar-refractivity contribution in [2.75, 3.05) is 26.2 Å². The van der Waals surface area contributed by atoms with E-state index in [0.29, 0.717) is 32.5 Å². The normalized spacial score (nSPS) is 18.4. The molecule has 1 aliphatic heterocycles. The molecule has 1 aliphatic rings. The highest BCUT2D eigenvalue weighted by molar-refractivity contribution is 5.82. The standard InChI is InChI=1S/C31H44N4O5/c1-5-24(25-14-10-7-11-15-25)21-35-19-17-26(20-33-29(37)39-22-23-12-8-6-9-13-23)34-27(28(35)36)16-18-32-30(38)40-31(2,3)4/h6-15,24,26-27,34H,5,16-22H2,1-4H3,(H,32,38)(H,33,37)/t24?,26?,27-/m0/s1. The van der Waals surface area contributed by atoms with Gasteiger partial charge in [0.25, 0.3) is 0 Å². The number of nitrogens with one attached hydrogen (secondary N) is 3. The van der Waals surface area contributed by atoms with Gasteiger partial charge in [-0.2, -0.15) is 0 Å². The Kier molecular flexibility index (Phi) is 11.8. The quantitative estimate of drug-likeness (QED) is 0.377. The maximum atomic E-state index is 13.7. The third-order valence-corrected chi connectivity index (χ3v) is 6.81. The van der Waals surface area contributed by atoms with Crippen molar-refractivity contribution in [2.45, 2.75) is 77.2 Å². The fourth-order valence-electron chi connectivity index (χ4n) is 4.71. The first-order chi connectivity index (χ1) is 19.1. The van der Waals surface area contributed by atoms with Crippen LogP contribution in [0, 0.1) is 0 Å². The third-order valence-electron chi connectivity index (χ3n) is 6.81. The van der Waals surface area contributed by atoms with Crippen LogP contribution in [-0.2, 0) is 20.9 Å². The monoisotopic (exact) mass is 552 g/mol. The summed E-state index contributed by atoms with van der Waals surface area (Å²) in [5.74, 6) is 0.211. The molecule has 9 nitrogen and oxygen atoms in total. The molecule has 1 fully saturated rings.